The van der Waals surface area contributed by atoms with Crippen LogP contribution in [0.4, 0.5) is 0 Å². The number of nitrogens with one attached hydrogen (secondary N) is 1. The topological polar surface area (TPSA) is 54.8 Å². The third-order valence-corrected chi connectivity index (χ3v) is 12.8. The van der Waals surface area contributed by atoms with E-state index >= 15 is 0 Å². The summed E-state index contributed by atoms with van der Waals surface area (Å²) in [5.41, 5.74) is 11.2. The molecule has 1 aliphatic heterocycles. The van der Waals surface area contributed by atoms with Crippen molar-refractivity contribution in [3.8, 4) is 5.69 Å². The van der Waals surface area contributed by atoms with Gasteiger partial charge in [-0.3, -0.25) is 0 Å². The molecule has 1 atom stereocenters. The highest BCUT2D eigenvalue weighted by Gasteiger charge is 2.23. The van der Waals surface area contributed by atoms with Gasteiger partial charge in [0.2, 0.25) is 0 Å². The summed E-state index contributed by atoms with van der Waals surface area (Å²) in [6.45, 7) is 0. The summed E-state index contributed by atoms with van der Waals surface area (Å²) in [7, 11) is 0. The minimum Gasteiger partial charge on any atom is -0.456 e. The molecule has 0 amide bonds. The molecule has 0 spiro atoms. The number of benzene rings is 7. The van der Waals surface area contributed by atoms with Crippen molar-refractivity contribution in [2.75, 3.05) is 0 Å². The second kappa shape index (κ2) is 12.8. The lowest BCUT2D eigenvalue weighted by Crippen LogP contribution is -2.33. The Hall–Kier alpha value is -7.02. The van der Waals surface area contributed by atoms with Gasteiger partial charge in [0.25, 0.3) is 0 Å². The summed E-state index contributed by atoms with van der Waals surface area (Å²) in [5.74, 6) is 1.55. The van der Waals surface area contributed by atoms with E-state index in [0.29, 0.717) is 0 Å². The number of nitrogens with zero attached hydrogens (tertiary/aromatic N) is 3. The highest BCUT2D eigenvalue weighted by atomic mass is 32.1. The zero-order chi connectivity index (χ0) is 37.5. The number of para-hydroxylation sites is 2. The summed E-state index contributed by atoms with van der Waals surface area (Å²) < 4.78 is 11.6. The van der Waals surface area contributed by atoms with Crippen LogP contribution in [-0.4, -0.2) is 16.2 Å². The maximum absolute atomic E-state index is 6.61. The van der Waals surface area contributed by atoms with E-state index in [1.165, 1.54) is 58.3 Å². The van der Waals surface area contributed by atoms with Crippen molar-refractivity contribution < 1.29 is 4.42 Å². The molecular formula is C51H34N4OS. The minimum atomic E-state index is -0.246. The monoisotopic (exact) mass is 750 g/mol. The number of aromatic nitrogens is 1. The zero-order valence-electron chi connectivity index (χ0n) is 30.8. The van der Waals surface area contributed by atoms with Crippen LogP contribution >= 0.6 is 11.3 Å². The maximum Gasteiger partial charge on any atom is 0.159 e. The molecule has 0 fully saturated rings. The van der Waals surface area contributed by atoms with E-state index in [2.05, 4.69) is 155 Å². The first-order valence-electron chi connectivity index (χ1n) is 19.5. The van der Waals surface area contributed by atoms with E-state index in [4.69, 9.17) is 14.4 Å². The average molecular weight is 751 g/mol. The number of rotatable bonds is 5. The number of thiophene rings is 1. The largest absolute Gasteiger partial charge is 0.456 e. The first kappa shape index (κ1) is 32.2. The maximum atomic E-state index is 6.61. The number of amidine groups is 2. The predicted molar refractivity (Wildman–Crippen MR) is 237 cm³/mol. The van der Waals surface area contributed by atoms with Crippen LogP contribution in [0.15, 0.2) is 178 Å². The van der Waals surface area contributed by atoms with Gasteiger partial charge >= 0.3 is 0 Å². The van der Waals surface area contributed by atoms with Gasteiger partial charge in [0.15, 0.2) is 5.84 Å². The van der Waals surface area contributed by atoms with E-state index in [9.17, 15) is 0 Å². The summed E-state index contributed by atoms with van der Waals surface area (Å²) in [5, 5.41) is 11.0. The Balaban J connectivity index is 1.01. The number of furan rings is 1. The van der Waals surface area contributed by atoms with Crippen molar-refractivity contribution in [1.29, 1.82) is 0 Å². The smallest absolute Gasteiger partial charge is 0.159 e. The van der Waals surface area contributed by atoms with Crippen molar-refractivity contribution in [1.82, 2.24) is 9.88 Å². The lowest BCUT2D eigenvalue weighted by molar-refractivity contribution is 0.571. The molecule has 57 heavy (non-hydrogen) atoms. The molecule has 0 saturated heterocycles. The second-order valence-electron chi connectivity index (χ2n) is 14.8. The Labute approximate surface area is 331 Å². The molecule has 12 rings (SSSR count). The fourth-order valence-corrected chi connectivity index (χ4v) is 10.2. The Kier molecular flexibility index (Phi) is 7.22. The number of fused-ring (bicyclic) bond motifs is 9. The molecule has 5 nitrogen and oxygen atoms in total. The van der Waals surface area contributed by atoms with Gasteiger partial charge in [0, 0.05) is 58.4 Å². The van der Waals surface area contributed by atoms with Crippen molar-refractivity contribution in [3.63, 3.8) is 0 Å². The number of hydrogen-bond donors (Lipinski definition) is 1. The first-order valence-corrected chi connectivity index (χ1v) is 20.3. The fourth-order valence-electron chi connectivity index (χ4n) is 8.94. The highest BCUT2D eigenvalue weighted by Crippen LogP contribution is 2.40. The number of hydrogen-bond acceptors (Lipinski definition) is 5. The summed E-state index contributed by atoms with van der Waals surface area (Å²) in [4.78, 5) is 10.2. The highest BCUT2D eigenvalue weighted by molar-refractivity contribution is 7.26. The van der Waals surface area contributed by atoms with E-state index in [-0.39, 0.29) is 6.17 Å². The molecule has 7 aromatic carbocycles. The Morgan fingerprint density at radius 3 is 2.18 bits per heavy atom. The molecule has 1 N–H and O–H groups in total. The Morgan fingerprint density at radius 2 is 1.37 bits per heavy atom. The van der Waals surface area contributed by atoms with Gasteiger partial charge in [0.05, 0.1) is 11.0 Å². The molecule has 0 bridgehead atoms. The molecule has 3 aromatic heterocycles. The summed E-state index contributed by atoms with van der Waals surface area (Å²) >= 11 is 1.87. The van der Waals surface area contributed by atoms with E-state index in [0.717, 1.165) is 63.3 Å². The van der Waals surface area contributed by atoms with Crippen LogP contribution in [0.3, 0.4) is 0 Å². The molecule has 2 aliphatic rings. The van der Waals surface area contributed by atoms with E-state index in [1.807, 2.05) is 35.6 Å². The average Bonchev–Trinajstić information content (AvgIpc) is 3.96. The van der Waals surface area contributed by atoms with Gasteiger partial charge in [-0.2, -0.15) is 0 Å². The van der Waals surface area contributed by atoms with Gasteiger partial charge in [-0.1, -0.05) is 115 Å². The minimum absolute atomic E-state index is 0.246. The first-order chi connectivity index (χ1) is 28.2. The van der Waals surface area contributed by atoms with Crippen molar-refractivity contribution in [3.05, 3.63) is 197 Å². The van der Waals surface area contributed by atoms with Gasteiger partial charge in [-0.05, 0) is 84.1 Å². The summed E-state index contributed by atoms with van der Waals surface area (Å²) in [6, 6.07) is 58.2. The van der Waals surface area contributed by atoms with Crippen molar-refractivity contribution in [2.45, 2.75) is 19.0 Å². The van der Waals surface area contributed by atoms with Crippen LogP contribution in [0.25, 0.3) is 70.3 Å². The third-order valence-electron chi connectivity index (χ3n) is 11.5. The molecular weight excluding hydrogens is 717 g/mol. The molecule has 4 heterocycles. The lowest BCUT2D eigenvalue weighted by atomic mass is 9.93. The Morgan fingerprint density at radius 1 is 0.632 bits per heavy atom. The van der Waals surface area contributed by atoms with E-state index < -0.39 is 0 Å². The third kappa shape index (κ3) is 5.14. The van der Waals surface area contributed by atoms with Gasteiger partial charge < -0.3 is 14.3 Å². The van der Waals surface area contributed by atoms with Crippen LogP contribution in [0.1, 0.15) is 41.3 Å². The fraction of sp³-hybridized carbons (Fsp3) is 0.0588. The Bertz CT molecular complexity index is 3390. The van der Waals surface area contributed by atoms with Gasteiger partial charge in [0.1, 0.15) is 23.0 Å². The molecule has 0 radical (unpaired) electrons. The zero-order valence-corrected chi connectivity index (χ0v) is 31.6. The van der Waals surface area contributed by atoms with Crippen molar-refractivity contribution >= 4 is 87.6 Å². The normalized spacial score (nSPS) is 15.5. The molecule has 1 aliphatic carbocycles. The summed E-state index contributed by atoms with van der Waals surface area (Å²) in [6.07, 6.45) is 3.91. The van der Waals surface area contributed by atoms with Crippen LogP contribution < -0.4 is 16.0 Å². The lowest BCUT2D eigenvalue weighted by Gasteiger charge is -2.23. The van der Waals surface area contributed by atoms with E-state index in [1.54, 1.807) is 0 Å². The predicted octanol–water partition coefficient (Wildman–Crippen LogP) is 11.2. The van der Waals surface area contributed by atoms with Crippen molar-refractivity contribution in [2.24, 2.45) is 9.98 Å². The molecule has 10 aromatic rings. The molecule has 270 valence electrons. The van der Waals surface area contributed by atoms with Crippen LogP contribution in [0.2, 0.25) is 0 Å². The second-order valence-corrected chi connectivity index (χ2v) is 15.9. The molecule has 1 unspecified atom stereocenters. The van der Waals surface area contributed by atoms with Gasteiger partial charge in [-0.25, -0.2) is 9.98 Å². The quantitative estimate of drug-likeness (QED) is 0.190. The van der Waals surface area contributed by atoms with Crippen LogP contribution in [-0.2, 0) is 0 Å². The SMILES string of the molecule is C1=c2oc3ccc(-n4c5ccccc5c5ccccc54)cc3c2=C(c2cccc3c2sc2ccc(C4=NC(c5ccccc5)=NC(c5ccccc5)N4)cc23)CC1. The number of aliphatic imine (C=N–C) groups is 2. The van der Waals surface area contributed by atoms with Gasteiger partial charge in [-0.15, -0.1) is 11.3 Å². The molecule has 0 saturated carbocycles. The standard InChI is InChI=1S/C51H34N4OS/c1-3-13-31(14-4-1)49-52-50(32-15-5-2-6-16-32)54-51(53-49)33-25-28-46-40(29-33)39-21-11-20-38(48(39)57-46)37-19-12-24-45-47(37)41-30-34(26-27-44(41)56-45)55-42-22-9-7-17-35(42)36-18-8-10-23-43(36)55/h1-11,13-18,20-30,49H,12,19H2,(H,52,53,54). The van der Waals surface area contributed by atoms with Crippen LogP contribution in [0, 0.1) is 0 Å². The molecule has 6 heteroatoms. The van der Waals surface area contributed by atoms with Crippen LogP contribution in [0.5, 0.6) is 0 Å².